The van der Waals surface area contributed by atoms with Gasteiger partial charge >= 0.3 is 11.6 Å². The highest BCUT2D eigenvalue weighted by Gasteiger charge is 2.40. The highest BCUT2D eigenvalue weighted by atomic mass is 19.3. The van der Waals surface area contributed by atoms with E-state index < -0.39 is 24.2 Å². The fourth-order valence-corrected chi connectivity index (χ4v) is 4.47. The Labute approximate surface area is 188 Å². The maximum atomic E-state index is 13.7. The standard InChI is InChI=1S/C23H23F2N7O/c1-13-8-16(9-14(2)28-13)18-19(15-6-4-3-5-7-15)29-21(26)32-20(18)30-31(22(32)33)11-17-10-23(24,25)12-27-17/h3-9,17,27H,10-12H2,1-2H3,(H2,26,29)/p+1/t17-/m0/s1. The monoisotopic (exact) mass is 452 g/mol. The zero-order valence-electron chi connectivity index (χ0n) is 18.3. The molecule has 1 aromatic carbocycles. The van der Waals surface area contributed by atoms with Crippen molar-refractivity contribution in [3.8, 4) is 22.4 Å². The van der Waals surface area contributed by atoms with Crippen LogP contribution in [-0.4, -0.2) is 37.7 Å². The van der Waals surface area contributed by atoms with Crippen molar-refractivity contribution in [1.29, 1.82) is 0 Å². The molecule has 5 rings (SSSR count). The summed E-state index contributed by atoms with van der Waals surface area (Å²) in [6, 6.07) is 12.9. The number of aromatic amines is 1. The van der Waals surface area contributed by atoms with Crippen molar-refractivity contribution in [2.24, 2.45) is 0 Å². The summed E-state index contributed by atoms with van der Waals surface area (Å²) in [6.45, 7) is 3.40. The number of nitrogens with one attached hydrogen (secondary N) is 2. The highest BCUT2D eigenvalue weighted by molar-refractivity contribution is 5.88. The van der Waals surface area contributed by atoms with Crippen molar-refractivity contribution in [2.75, 3.05) is 12.3 Å². The first kappa shape index (κ1) is 21.2. The Kier molecular flexibility index (Phi) is 4.97. The van der Waals surface area contributed by atoms with Crippen molar-refractivity contribution >= 4 is 11.6 Å². The maximum Gasteiger partial charge on any atom is 0.411 e. The smallest absolute Gasteiger partial charge is 0.306 e. The van der Waals surface area contributed by atoms with E-state index in [0.29, 0.717) is 16.9 Å². The van der Waals surface area contributed by atoms with Crippen LogP contribution < -0.4 is 21.7 Å². The van der Waals surface area contributed by atoms with E-state index in [1.807, 2.05) is 56.3 Å². The van der Waals surface area contributed by atoms with Crippen molar-refractivity contribution in [1.82, 2.24) is 24.5 Å². The molecule has 0 aliphatic carbocycles. The molecule has 4 heterocycles. The van der Waals surface area contributed by atoms with Crippen LogP contribution in [0.3, 0.4) is 0 Å². The molecule has 1 aliphatic heterocycles. The lowest BCUT2D eigenvalue weighted by Crippen LogP contribution is -2.33. The highest BCUT2D eigenvalue weighted by Crippen LogP contribution is 2.33. The summed E-state index contributed by atoms with van der Waals surface area (Å²) in [5.74, 6) is -2.69. The number of H-pyrrole nitrogens is 1. The third-order valence-electron chi connectivity index (χ3n) is 5.83. The van der Waals surface area contributed by atoms with Gasteiger partial charge in [0.1, 0.15) is 5.69 Å². The van der Waals surface area contributed by atoms with Gasteiger partial charge in [0.05, 0.1) is 18.7 Å². The molecule has 1 atom stereocenters. The van der Waals surface area contributed by atoms with Gasteiger partial charge in [-0.15, -0.1) is 9.50 Å². The number of anilines is 1. The SMILES string of the molecule is Cc1cc(-c2c(-c3ccccc3)[nH+]c(N)n3c(=O)n(C[C@@H]4CC(F)(F)CN4)nc23)cc(C)n1. The number of halogens is 2. The number of hydrogen-bond donors (Lipinski definition) is 2. The van der Waals surface area contributed by atoms with Crippen LogP contribution in [0, 0.1) is 13.8 Å². The predicted molar refractivity (Wildman–Crippen MR) is 120 cm³/mol. The molecular formula is C23H24F2N7O+. The number of alkyl halides is 2. The second-order valence-corrected chi connectivity index (χ2v) is 8.53. The first-order valence-electron chi connectivity index (χ1n) is 10.7. The molecule has 1 aliphatic rings. The van der Waals surface area contributed by atoms with Crippen LogP contribution in [-0.2, 0) is 6.54 Å². The van der Waals surface area contributed by atoms with Crippen LogP contribution in [0.5, 0.6) is 0 Å². The molecule has 0 unspecified atom stereocenters. The lowest BCUT2D eigenvalue weighted by molar-refractivity contribution is -0.351. The summed E-state index contributed by atoms with van der Waals surface area (Å²) in [5.41, 5.74) is 10.9. The Balaban J connectivity index is 1.75. The third kappa shape index (κ3) is 3.86. The van der Waals surface area contributed by atoms with Gasteiger partial charge < -0.3 is 5.32 Å². The molecule has 0 spiro atoms. The lowest BCUT2D eigenvalue weighted by Gasteiger charge is -2.10. The molecule has 0 bridgehead atoms. The summed E-state index contributed by atoms with van der Waals surface area (Å²) < 4.78 is 29.8. The molecule has 1 fully saturated rings. The number of nitrogen functional groups attached to an aromatic ring is 1. The number of nitrogens with zero attached hydrogens (tertiary/aromatic N) is 4. The van der Waals surface area contributed by atoms with Crippen LogP contribution in [0.15, 0.2) is 47.3 Å². The topological polar surface area (TPSA) is 104 Å². The predicted octanol–water partition coefficient (Wildman–Crippen LogP) is 2.24. The number of aromatic nitrogens is 5. The number of benzene rings is 1. The molecule has 4 N–H and O–H groups in total. The van der Waals surface area contributed by atoms with Gasteiger partial charge in [0.25, 0.3) is 5.92 Å². The zero-order valence-corrected chi connectivity index (χ0v) is 18.3. The van der Waals surface area contributed by atoms with Gasteiger partial charge in [0.2, 0.25) is 5.65 Å². The van der Waals surface area contributed by atoms with Crippen LogP contribution in [0.2, 0.25) is 0 Å². The van der Waals surface area contributed by atoms with E-state index >= 15 is 0 Å². The Morgan fingerprint density at radius 1 is 1.18 bits per heavy atom. The Hall–Kier alpha value is -3.66. The van der Waals surface area contributed by atoms with Crippen LogP contribution >= 0.6 is 0 Å². The Morgan fingerprint density at radius 3 is 2.52 bits per heavy atom. The average molecular weight is 452 g/mol. The van der Waals surface area contributed by atoms with E-state index in [9.17, 15) is 13.6 Å². The summed E-state index contributed by atoms with van der Waals surface area (Å²) >= 11 is 0. The fraction of sp³-hybridized carbons (Fsp3) is 0.304. The van der Waals surface area contributed by atoms with Crippen LogP contribution in [0.4, 0.5) is 14.7 Å². The molecule has 170 valence electrons. The van der Waals surface area contributed by atoms with Crippen LogP contribution in [0.25, 0.3) is 28.0 Å². The second-order valence-electron chi connectivity index (χ2n) is 8.53. The fourth-order valence-electron chi connectivity index (χ4n) is 4.47. The van der Waals surface area contributed by atoms with E-state index in [1.54, 1.807) is 0 Å². The van der Waals surface area contributed by atoms with Gasteiger partial charge in [-0.3, -0.25) is 10.7 Å². The third-order valence-corrected chi connectivity index (χ3v) is 5.83. The number of fused-ring (bicyclic) bond motifs is 1. The summed E-state index contributed by atoms with van der Waals surface area (Å²) in [7, 11) is 0. The van der Waals surface area contributed by atoms with Gasteiger partial charge in [-0.2, -0.15) is 4.68 Å². The minimum absolute atomic E-state index is 0.0179. The second kappa shape index (κ2) is 7.73. The van der Waals surface area contributed by atoms with Crippen molar-refractivity contribution in [3.05, 3.63) is 64.3 Å². The molecule has 1 saturated heterocycles. The molecule has 0 amide bonds. The number of pyridine rings is 1. The average Bonchev–Trinajstić information content (AvgIpc) is 3.27. The summed E-state index contributed by atoms with van der Waals surface area (Å²) in [4.78, 5) is 20.8. The normalized spacial score (nSPS) is 17.6. The van der Waals surface area contributed by atoms with Gasteiger partial charge in [0, 0.05) is 29.4 Å². The summed E-state index contributed by atoms with van der Waals surface area (Å²) in [6.07, 6.45) is -0.347. The lowest BCUT2D eigenvalue weighted by atomic mass is 9.99. The minimum Gasteiger partial charge on any atom is -0.306 e. The number of rotatable bonds is 4. The van der Waals surface area contributed by atoms with E-state index in [1.165, 1.54) is 9.08 Å². The molecule has 10 heteroatoms. The number of nitrogens with two attached hydrogens (primary N) is 1. The molecule has 0 saturated carbocycles. The molecular weight excluding hydrogens is 428 g/mol. The molecule has 0 radical (unpaired) electrons. The molecule has 4 aromatic rings. The first-order valence-corrected chi connectivity index (χ1v) is 10.7. The van der Waals surface area contributed by atoms with Gasteiger partial charge in [0.15, 0.2) is 0 Å². The van der Waals surface area contributed by atoms with Gasteiger partial charge in [-0.05, 0) is 31.5 Å². The quantitative estimate of drug-likeness (QED) is 0.494. The molecule has 33 heavy (non-hydrogen) atoms. The first-order chi connectivity index (χ1) is 15.7. The minimum atomic E-state index is -2.79. The molecule has 8 nitrogen and oxygen atoms in total. The number of hydrogen-bond acceptors (Lipinski definition) is 5. The van der Waals surface area contributed by atoms with E-state index in [-0.39, 0.29) is 18.9 Å². The summed E-state index contributed by atoms with van der Waals surface area (Å²) in [5, 5.41) is 7.34. The van der Waals surface area contributed by atoms with Crippen LogP contribution in [0.1, 0.15) is 17.8 Å². The zero-order chi connectivity index (χ0) is 23.3. The Morgan fingerprint density at radius 2 is 1.88 bits per heavy atom. The van der Waals surface area contributed by atoms with Crippen molar-refractivity contribution in [3.63, 3.8) is 0 Å². The van der Waals surface area contributed by atoms with Crippen molar-refractivity contribution in [2.45, 2.75) is 38.8 Å². The maximum absolute atomic E-state index is 13.7. The van der Waals surface area contributed by atoms with E-state index in [2.05, 4.69) is 20.4 Å². The van der Waals surface area contributed by atoms with E-state index in [0.717, 1.165) is 22.5 Å². The largest absolute Gasteiger partial charge is 0.411 e. The molecule has 3 aromatic heterocycles. The van der Waals surface area contributed by atoms with Gasteiger partial charge in [-0.1, -0.05) is 30.3 Å². The van der Waals surface area contributed by atoms with Crippen molar-refractivity contribution < 1.29 is 13.8 Å². The number of aryl methyl sites for hydroxylation is 2. The van der Waals surface area contributed by atoms with Gasteiger partial charge in [-0.25, -0.2) is 18.6 Å². The van der Waals surface area contributed by atoms with E-state index in [4.69, 9.17) is 5.73 Å². The Bertz CT molecular complexity index is 1390.